The van der Waals surface area contributed by atoms with Crippen molar-refractivity contribution in [3.05, 3.63) is 29.8 Å². The lowest BCUT2D eigenvalue weighted by Crippen LogP contribution is -2.40. The summed E-state index contributed by atoms with van der Waals surface area (Å²) in [5.41, 5.74) is 1.53. The van der Waals surface area contributed by atoms with Gasteiger partial charge < -0.3 is 19.7 Å². The molecule has 158 valence electrons. The SMILES string of the molecule is CN=C(NCc1ccccc1OCCN1CCOCC1)N1CCC(C)(C)C1.I. The number of para-hydroxylation sites is 1. The van der Waals surface area contributed by atoms with E-state index in [0.717, 1.165) is 64.2 Å². The van der Waals surface area contributed by atoms with Crippen molar-refractivity contribution in [2.75, 3.05) is 59.6 Å². The maximum Gasteiger partial charge on any atom is 0.193 e. The van der Waals surface area contributed by atoms with Gasteiger partial charge in [0.25, 0.3) is 0 Å². The predicted octanol–water partition coefficient (Wildman–Crippen LogP) is 2.82. The van der Waals surface area contributed by atoms with E-state index in [4.69, 9.17) is 9.47 Å². The van der Waals surface area contributed by atoms with E-state index in [1.807, 2.05) is 13.1 Å². The number of likely N-dealkylation sites (tertiary alicyclic amines) is 1. The minimum absolute atomic E-state index is 0. The van der Waals surface area contributed by atoms with Gasteiger partial charge in [0, 0.05) is 51.9 Å². The molecule has 0 spiro atoms. The highest BCUT2D eigenvalue weighted by Gasteiger charge is 2.30. The predicted molar refractivity (Wildman–Crippen MR) is 125 cm³/mol. The number of benzene rings is 1. The third-order valence-electron chi connectivity index (χ3n) is 5.37. The van der Waals surface area contributed by atoms with E-state index in [1.54, 1.807) is 0 Å². The monoisotopic (exact) mass is 502 g/mol. The number of nitrogens with zero attached hydrogens (tertiary/aromatic N) is 3. The van der Waals surface area contributed by atoms with Crippen molar-refractivity contribution in [2.45, 2.75) is 26.8 Å². The zero-order chi connectivity index (χ0) is 19.1. The molecular weight excluding hydrogens is 467 g/mol. The molecule has 6 nitrogen and oxygen atoms in total. The van der Waals surface area contributed by atoms with Crippen molar-refractivity contribution >= 4 is 29.9 Å². The first-order valence-corrected chi connectivity index (χ1v) is 10.0. The lowest BCUT2D eigenvalue weighted by molar-refractivity contribution is 0.0322. The molecular formula is C21H35IN4O2. The van der Waals surface area contributed by atoms with Crippen LogP contribution in [0.15, 0.2) is 29.3 Å². The van der Waals surface area contributed by atoms with Gasteiger partial charge >= 0.3 is 0 Å². The first kappa shape index (κ1) is 23.2. The molecule has 0 amide bonds. The molecule has 1 aromatic rings. The standard InChI is InChI=1S/C21H34N4O2.HI/c1-21(2)8-9-25(17-21)20(22-3)23-16-18-6-4-5-7-19(18)27-15-12-24-10-13-26-14-11-24;/h4-7H,8-17H2,1-3H3,(H,22,23);1H. The van der Waals surface area contributed by atoms with E-state index >= 15 is 0 Å². The summed E-state index contributed by atoms with van der Waals surface area (Å²) in [6.45, 7) is 12.7. The fourth-order valence-corrected chi connectivity index (χ4v) is 3.70. The Labute approximate surface area is 186 Å². The highest BCUT2D eigenvalue weighted by atomic mass is 127. The van der Waals surface area contributed by atoms with Crippen molar-refractivity contribution in [2.24, 2.45) is 10.4 Å². The smallest absolute Gasteiger partial charge is 0.193 e. The molecule has 28 heavy (non-hydrogen) atoms. The van der Waals surface area contributed by atoms with Crippen LogP contribution in [0.25, 0.3) is 0 Å². The molecule has 1 aromatic carbocycles. The third-order valence-corrected chi connectivity index (χ3v) is 5.37. The maximum atomic E-state index is 6.09. The number of rotatable bonds is 6. The van der Waals surface area contributed by atoms with Crippen LogP contribution in [0.1, 0.15) is 25.8 Å². The van der Waals surface area contributed by atoms with Crippen molar-refractivity contribution in [1.82, 2.24) is 15.1 Å². The molecule has 0 atom stereocenters. The van der Waals surface area contributed by atoms with Gasteiger partial charge in [-0.05, 0) is 17.9 Å². The van der Waals surface area contributed by atoms with E-state index < -0.39 is 0 Å². The zero-order valence-corrected chi connectivity index (χ0v) is 19.8. The van der Waals surface area contributed by atoms with Crippen LogP contribution in [0.5, 0.6) is 5.75 Å². The average Bonchev–Trinajstić information content (AvgIpc) is 3.04. The lowest BCUT2D eigenvalue weighted by atomic mass is 9.93. The molecule has 2 fully saturated rings. The van der Waals surface area contributed by atoms with E-state index in [1.165, 1.54) is 12.0 Å². The molecule has 2 aliphatic heterocycles. The highest BCUT2D eigenvalue weighted by Crippen LogP contribution is 2.28. The van der Waals surface area contributed by atoms with Gasteiger partial charge in [0.1, 0.15) is 12.4 Å². The summed E-state index contributed by atoms with van der Waals surface area (Å²) in [7, 11) is 1.86. The van der Waals surface area contributed by atoms with E-state index in [2.05, 4.69) is 52.2 Å². The molecule has 7 heteroatoms. The maximum absolute atomic E-state index is 6.09. The van der Waals surface area contributed by atoms with E-state index in [9.17, 15) is 0 Å². The Morgan fingerprint density at radius 2 is 1.96 bits per heavy atom. The molecule has 0 aliphatic carbocycles. The van der Waals surface area contributed by atoms with Crippen LogP contribution in [0, 0.1) is 5.41 Å². The molecule has 0 bridgehead atoms. The van der Waals surface area contributed by atoms with Crippen LogP contribution in [-0.2, 0) is 11.3 Å². The Kier molecular flexibility index (Phi) is 9.30. The summed E-state index contributed by atoms with van der Waals surface area (Å²) in [5.74, 6) is 1.93. The minimum atomic E-state index is 0. The fraction of sp³-hybridized carbons (Fsp3) is 0.667. The Morgan fingerprint density at radius 3 is 2.64 bits per heavy atom. The summed E-state index contributed by atoms with van der Waals surface area (Å²) < 4.78 is 11.5. The first-order chi connectivity index (χ1) is 13.1. The molecule has 0 unspecified atom stereocenters. The fourth-order valence-electron chi connectivity index (χ4n) is 3.70. The second-order valence-electron chi connectivity index (χ2n) is 8.15. The summed E-state index contributed by atoms with van der Waals surface area (Å²) >= 11 is 0. The van der Waals surface area contributed by atoms with Gasteiger partial charge in [-0.1, -0.05) is 32.0 Å². The molecule has 0 radical (unpaired) electrons. The topological polar surface area (TPSA) is 49.3 Å². The van der Waals surface area contributed by atoms with Crippen molar-refractivity contribution in [3.63, 3.8) is 0 Å². The number of halogens is 1. The zero-order valence-electron chi connectivity index (χ0n) is 17.4. The molecule has 2 heterocycles. The molecule has 2 aliphatic rings. The summed E-state index contributed by atoms with van der Waals surface area (Å²) in [4.78, 5) is 9.22. The average molecular weight is 502 g/mol. The largest absolute Gasteiger partial charge is 0.492 e. The van der Waals surface area contributed by atoms with Gasteiger partial charge in [-0.2, -0.15) is 0 Å². The molecule has 0 aromatic heterocycles. The molecule has 0 saturated carbocycles. The molecule has 3 rings (SSSR count). The number of nitrogens with one attached hydrogen (secondary N) is 1. The third kappa shape index (κ3) is 6.77. The van der Waals surface area contributed by atoms with Crippen LogP contribution in [0.2, 0.25) is 0 Å². The van der Waals surface area contributed by atoms with Crippen molar-refractivity contribution in [3.8, 4) is 5.75 Å². The molecule has 1 N–H and O–H groups in total. The Morgan fingerprint density at radius 1 is 1.21 bits per heavy atom. The normalized spacial score (nSPS) is 20.0. The van der Waals surface area contributed by atoms with E-state index in [0.29, 0.717) is 12.0 Å². The van der Waals surface area contributed by atoms with Gasteiger partial charge in [-0.3, -0.25) is 9.89 Å². The quantitative estimate of drug-likeness (QED) is 0.369. The number of guanidine groups is 1. The highest BCUT2D eigenvalue weighted by molar-refractivity contribution is 14.0. The number of aliphatic imine (C=N–C) groups is 1. The van der Waals surface area contributed by atoms with Crippen molar-refractivity contribution < 1.29 is 9.47 Å². The van der Waals surface area contributed by atoms with Gasteiger partial charge in [-0.15, -0.1) is 24.0 Å². The number of hydrogen-bond acceptors (Lipinski definition) is 4. The minimum Gasteiger partial charge on any atom is -0.492 e. The van der Waals surface area contributed by atoms with Gasteiger partial charge in [0.2, 0.25) is 0 Å². The van der Waals surface area contributed by atoms with E-state index in [-0.39, 0.29) is 24.0 Å². The number of ether oxygens (including phenoxy) is 2. The lowest BCUT2D eigenvalue weighted by Gasteiger charge is -2.26. The van der Waals surface area contributed by atoms with Crippen LogP contribution in [-0.4, -0.2) is 75.4 Å². The first-order valence-electron chi connectivity index (χ1n) is 10.0. The summed E-state index contributed by atoms with van der Waals surface area (Å²) in [6, 6.07) is 8.27. The van der Waals surface area contributed by atoms with Crippen molar-refractivity contribution in [1.29, 1.82) is 0 Å². The van der Waals surface area contributed by atoms with Gasteiger partial charge in [0.15, 0.2) is 5.96 Å². The van der Waals surface area contributed by atoms with Crippen LogP contribution in [0.3, 0.4) is 0 Å². The summed E-state index contributed by atoms with van der Waals surface area (Å²) in [5, 5.41) is 3.51. The van der Waals surface area contributed by atoms with Crippen LogP contribution < -0.4 is 10.1 Å². The van der Waals surface area contributed by atoms with Gasteiger partial charge in [-0.25, -0.2) is 0 Å². The Hall–Kier alpha value is -1.06. The van der Waals surface area contributed by atoms with Crippen LogP contribution >= 0.6 is 24.0 Å². The Balaban J connectivity index is 0.00000280. The second kappa shape index (κ2) is 11.2. The summed E-state index contributed by atoms with van der Waals surface area (Å²) in [6.07, 6.45) is 1.20. The number of morpholine rings is 1. The number of hydrogen-bond donors (Lipinski definition) is 1. The second-order valence-corrected chi connectivity index (χ2v) is 8.15. The molecule has 2 saturated heterocycles. The Bertz CT molecular complexity index is 633. The van der Waals surface area contributed by atoms with Gasteiger partial charge in [0.05, 0.1) is 13.2 Å². The van der Waals surface area contributed by atoms with Crippen LogP contribution in [0.4, 0.5) is 0 Å².